The quantitative estimate of drug-likeness (QED) is 0.894. The number of carbonyl (C=O) groups is 1. The second-order valence-electron chi connectivity index (χ2n) is 5.75. The topological polar surface area (TPSA) is 41.6 Å². The molecule has 1 amide bonds. The lowest BCUT2D eigenvalue weighted by molar-refractivity contribution is -0.128. The van der Waals surface area contributed by atoms with E-state index in [1.807, 2.05) is 4.90 Å². The van der Waals surface area contributed by atoms with Gasteiger partial charge in [-0.25, -0.2) is 0 Å². The van der Waals surface area contributed by atoms with Gasteiger partial charge < -0.3 is 9.64 Å². The maximum absolute atomic E-state index is 12.1. The van der Waals surface area contributed by atoms with Gasteiger partial charge in [0, 0.05) is 13.7 Å². The predicted molar refractivity (Wildman–Crippen MR) is 79.4 cm³/mol. The van der Waals surface area contributed by atoms with E-state index in [2.05, 4.69) is 44.3 Å². The zero-order valence-electron chi connectivity index (χ0n) is 12.8. The third kappa shape index (κ3) is 3.19. The summed E-state index contributed by atoms with van der Waals surface area (Å²) in [5, 5.41) is 3.32. The van der Waals surface area contributed by atoms with Crippen molar-refractivity contribution in [2.24, 2.45) is 5.92 Å². The molecular weight excluding hydrogens is 252 g/mol. The fourth-order valence-electron chi connectivity index (χ4n) is 2.75. The number of nitrogens with one attached hydrogen (secondary N) is 1. The van der Waals surface area contributed by atoms with Crippen molar-refractivity contribution in [3.05, 3.63) is 34.9 Å². The van der Waals surface area contributed by atoms with E-state index in [4.69, 9.17) is 4.74 Å². The van der Waals surface area contributed by atoms with Crippen LogP contribution in [-0.2, 0) is 9.53 Å². The number of hydrogen-bond acceptors (Lipinski definition) is 3. The molecule has 4 nitrogen and oxygen atoms in total. The number of methoxy groups -OCH3 is 1. The Morgan fingerprint density at radius 3 is 2.90 bits per heavy atom. The lowest BCUT2D eigenvalue weighted by atomic mass is 10.0. The summed E-state index contributed by atoms with van der Waals surface area (Å²) in [7, 11) is 1.70. The molecule has 1 aromatic carbocycles. The van der Waals surface area contributed by atoms with Crippen LogP contribution in [0.25, 0.3) is 0 Å². The van der Waals surface area contributed by atoms with Gasteiger partial charge in [0.25, 0.3) is 0 Å². The van der Waals surface area contributed by atoms with E-state index in [1.165, 1.54) is 16.7 Å². The molecule has 20 heavy (non-hydrogen) atoms. The second-order valence-corrected chi connectivity index (χ2v) is 5.75. The summed E-state index contributed by atoms with van der Waals surface area (Å²) in [5.41, 5.74) is 3.63. The molecule has 2 unspecified atom stereocenters. The second kappa shape index (κ2) is 6.37. The Kier molecular flexibility index (Phi) is 4.78. The van der Waals surface area contributed by atoms with Gasteiger partial charge in [0.05, 0.1) is 13.2 Å². The zero-order chi connectivity index (χ0) is 14.7. The van der Waals surface area contributed by atoms with E-state index in [0.717, 1.165) is 6.54 Å². The van der Waals surface area contributed by atoms with Crippen molar-refractivity contribution in [1.82, 2.24) is 10.2 Å². The molecule has 1 aliphatic heterocycles. The maximum Gasteiger partial charge on any atom is 0.238 e. The molecule has 0 spiro atoms. The summed E-state index contributed by atoms with van der Waals surface area (Å²) in [4.78, 5) is 14.1. The molecule has 0 bridgehead atoms. The first-order valence-electron chi connectivity index (χ1n) is 7.12. The van der Waals surface area contributed by atoms with Crippen LogP contribution < -0.4 is 5.32 Å². The van der Waals surface area contributed by atoms with Crippen molar-refractivity contribution in [2.75, 3.05) is 26.8 Å². The van der Waals surface area contributed by atoms with E-state index in [1.54, 1.807) is 7.11 Å². The fraction of sp³-hybridized carbons (Fsp3) is 0.562. The Balaban J connectivity index is 2.21. The number of benzene rings is 1. The van der Waals surface area contributed by atoms with E-state index >= 15 is 0 Å². The van der Waals surface area contributed by atoms with Gasteiger partial charge in [0.2, 0.25) is 5.91 Å². The lowest BCUT2D eigenvalue weighted by Gasteiger charge is -2.28. The van der Waals surface area contributed by atoms with Gasteiger partial charge in [-0.15, -0.1) is 0 Å². The minimum absolute atomic E-state index is 0.0123. The van der Waals surface area contributed by atoms with Crippen LogP contribution in [0.4, 0.5) is 0 Å². The number of rotatable bonds is 5. The average Bonchev–Trinajstić information content (AvgIpc) is 2.74. The minimum Gasteiger partial charge on any atom is -0.384 e. The Morgan fingerprint density at radius 2 is 2.20 bits per heavy atom. The van der Waals surface area contributed by atoms with Gasteiger partial charge in [-0.1, -0.05) is 30.7 Å². The SMILES string of the molecule is COCC(C)CN1C(=O)CNC1c1cc(C)ccc1C. The number of amides is 1. The maximum atomic E-state index is 12.1. The molecule has 0 saturated carbocycles. The van der Waals surface area contributed by atoms with Gasteiger partial charge in [0.1, 0.15) is 6.17 Å². The zero-order valence-corrected chi connectivity index (χ0v) is 12.8. The molecule has 110 valence electrons. The molecule has 1 heterocycles. The molecule has 1 saturated heterocycles. The van der Waals surface area contributed by atoms with E-state index in [9.17, 15) is 4.79 Å². The highest BCUT2D eigenvalue weighted by atomic mass is 16.5. The van der Waals surface area contributed by atoms with Crippen molar-refractivity contribution in [1.29, 1.82) is 0 Å². The highest BCUT2D eigenvalue weighted by molar-refractivity contribution is 5.81. The number of aryl methyl sites for hydroxylation is 2. The van der Waals surface area contributed by atoms with Crippen LogP contribution in [0.5, 0.6) is 0 Å². The average molecular weight is 276 g/mol. The minimum atomic E-state index is -0.0123. The predicted octanol–water partition coefficient (Wildman–Crippen LogP) is 2.02. The summed E-state index contributed by atoms with van der Waals surface area (Å²) >= 11 is 0. The number of nitrogens with zero attached hydrogens (tertiary/aromatic N) is 1. The van der Waals surface area contributed by atoms with Gasteiger partial charge in [0.15, 0.2) is 0 Å². The molecular formula is C16H24N2O2. The Bertz CT molecular complexity index is 487. The molecule has 1 aromatic rings. The van der Waals surface area contributed by atoms with Crippen molar-refractivity contribution in [3.8, 4) is 0 Å². The normalized spacial score (nSPS) is 20.5. The summed E-state index contributed by atoms with van der Waals surface area (Å²) in [6, 6.07) is 6.39. The molecule has 4 heteroatoms. The molecule has 0 aromatic heterocycles. The smallest absolute Gasteiger partial charge is 0.238 e. The molecule has 1 N–H and O–H groups in total. The number of carbonyl (C=O) groups excluding carboxylic acids is 1. The summed E-state index contributed by atoms with van der Waals surface area (Å²) in [6.07, 6.45) is -0.0123. The number of hydrogen-bond donors (Lipinski definition) is 1. The summed E-state index contributed by atoms with van der Waals surface area (Å²) < 4.78 is 5.17. The Hall–Kier alpha value is -1.39. The van der Waals surface area contributed by atoms with Crippen molar-refractivity contribution in [3.63, 3.8) is 0 Å². The number of ether oxygens (including phenoxy) is 1. The van der Waals surface area contributed by atoms with Crippen molar-refractivity contribution < 1.29 is 9.53 Å². The monoisotopic (exact) mass is 276 g/mol. The van der Waals surface area contributed by atoms with Crippen LogP contribution in [0.1, 0.15) is 29.8 Å². The van der Waals surface area contributed by atoms with Crippen LogP contribution in [-0.4, -0.2) is 37.6 Å². The molecule has 0 radical (unpaired) electrons. The Labute approximate surface area is 121 Å². The van der Waals surface area contributed by atoms with Crippen LogP contribution in [0.3, 0.4) is 0 Å². The van der Waals surface area contributed by atoms with Crippen LogP contribution >= 0.6 is 0 Å². The standard InChI is InChI=1S/C16H24N2O2/c1-11-5-6-13(3)14(7-11)16-17-8-15(19)18(16)9-12(2)10-20-4/h5-7,12,16-17H,8-10H2,1-4H3. The largest absolute Gasteiger partial charge is 0.384 e. The first-order chi connectivity index (χ1) is 9.52. The van der Waals surface area contributed by atoms with E-state index < -0.39 is 0 Å². The molecule has 0 aliphatic carbocycles. The molecule has 1 fully saturated rings. The summed E-state index contributed by atoms with van der Waals surface area (Å²) in [5.74, 6) is 0.496. The Morgan fingerprint density at radius 1 is 1.45 bits per heavy atom. The van der Waals surface area contributed by atoms with Gasteiger partial charge >= 0.3 is 0 Å². The molecule has 2 rings (SSSR count). The van der Waals surface area contributed by atoms with E-state index in [0.29, 0.717) is 19.1 Å². The van der Waals surface area contributed by atoms with E-state index in [-0.39, 0.29) is 12.1 Å². The van der Waals surface area contributed by atoms with Gasteiger partial charge in [-0.05, 0) is 30.9 Å². The van der Waals surface area contributed by atoms with Gasteiger partial charge in [-0.3, -0.25) is 10.1 Å². The van der Waals surface area contributed by atoms with Crippen LogP contribution in [0, 0.1) is 19.8 Å². The van der Waals surface area contributed by atoms with Gasteiger partial charge in [-0.2, -0.15) is 0 Å². The van der Waals surface area contributed by atoms with Crippen molar-refractivity contribution >= 4 is 5.91 Å². The summed E-state index contributed by atoms with van der Waals surface area (Å²) in [6.45, 7) is 8.08. The first-order valence-corrected chi connectivity index (χ1v) is 7.12. The molecule has 2 atom stereocenters. The highest BCUT2D eigenvalue weighted by Gasteiger charge is 2.33. The van der Waals surface area contributed by atoms with Crippen LogP contribution in [0.2, 0.25) is 0 Å². The first kappa shape index (κ1) is 15.0. The lowest BCUT2D eigenvalue weighted by Crippen LogP contribution is -2.35. The van der Waals surface area contributed by atoms with Crippen molar-refractivity contribution in [2.45, 2.75) is 26.9 Å². The third-order valence-corrected chi connectivity index (χ3v) is 3.77. The third-order valence-electron chi connectivity index (χ3n) is 3.77. The van der Waals surface area contributed by atoms with Crippen LogP contribution in [0.15, 0.2) is 18.2 Å². The molecule has 1 aliphatic rings. The fourth-order valence-corrected chi connectivity index (χ4v) is 2.75. The highest BCUT2D eigenvalue weighted by Crippen LogP contribution is 2.27.